The lowest BCUT2D eigenvalue weighted by molar-refractivity contribution is -0.153. The van der Waals surface area contributed by atoms with Crippen LogP contribution < -0.4 is 5.14 Å². The van der Waals surface area contributed by atoms with Crippen molar-refractivity contribution in [3.05, 3.63) is 35.9 Å². The maximum atomic E-state index is 11.1. The summed E-state index contributed by atoms with van der Waals surface area (Å²) in [6, 6.07) is 9.44. The number of hydrogen-bond donors (Lipinski definition) is 1. The van der Waals surface area contributed by atoms with Crippen molar-refractivity contribution in [3.8, 4) is 0 Å². The molecular weight excluding hydrogens is 282 g/mol. The van der Waals surface area contributed by atoms with Crippen LogP contribution in [0, 0.1) is 0 Å². The van der Waals surface area contributed by atoms with Crippen molar-refractivity contribution in [2.45, 2.75) is 44.9 Å². The molecule has 112 valence electrons. The molecule has 7 heteroatoms. The van der Waals surface area contributed by atoms with E-state index in [2.05, 4.69) is 0 Å². The zero-order valence-corrected chi connectivity index (χ0v) is 12.5. The lowest BCUT2D eigenvalue weighted by atomic mass is 10.0. The summed E-state index contributed by atoms with van der Waals surface area (Å²) in [7, 11) is -4.04. The Morgan fingerprint density at radius 2 is 1.85 bits per heavy atom. The van der Waals surface area contributed by atoms with Crippen LogP contribution in [0.2, 0.25) is 0 Å². The Hall–Kier alpha value is -0.990. The smallest absolute Gasteiger partial charge is 0.333 e. The molecule has 0 amide bonds. The molecule has 0 aliphatic carbocycles. The van der Waals surface area contributed by atoms with Gasteiger partial charge in [0.1, 0.15) is 18.3 Å². The van der Waals surface area contributed by atoms with Crippen LogP contribution in [0.15, 0.2) is 30.3 Å². The molecule has 1 aromatic rings. The molecule has 0 aromatic heterocycles. The largest absolute Gasteiger partial charge is 0.341 e. The normalized spacial score (nSPS) is 27.4. The molecule has 0 saturated carbocycles. The molecule has 0 radical (unpaired) electrons. The van der Waals surface area contributed by atoms with Crippen molar-refractivity contribution >= 4 is 10.3 Å². The van der Waals surface area contributed by atoms with Gasteiger partial charge in [-0.15, -0.1) is 0 Å². The fourth-order valence-electron chi connectivity index (χ4n) is 2.30. The van der Waals surface area contributed by atoms with Crippen LogP contribution >= 0.6 is 0 Å². The van der Waals surface area contributed by atoms with Gasteiger partial charge in [-0.05, 0) is 26.3 Å². The van der Waals surface area contributed by atoms with Crippen LogP contribution in [-0.4, -0.2) is 26.4 Å². The molecule has 2 N–H and O–H groups in total. The van der Waals surface area contributed by atoms with Crippen molar-refractivity contribution in [1.82, 2.24) is 0 Å². The minimum absolute atomic E-state index is 0.414. The second-order valence-electron chi connectivity index (χ2n) is 5.23. The van der Waals surface area contributed by atoms with Crippen molar-refractivity contribution < 1.29 is 22.1 Å². The highest BCUT2D eigenvalue weighted by molar-refractivity contribution is 7.84. The molecule has 1 saturated heterocycles. The third-order valence-electron chi connectivity index (χ3n) is 3.01. The van der Waals surface area contributed by atoms with Crippen molar-refractivity contribution in [3.63, 3.8) is 0 Å². The first kappa shape index (κ1) is 15.4. The summed E-state index contributed by atoms with van der Waals surface area (Å²) < 4.78 is 38.5. The summed E-state index contributed by atoms with van der Waals surface area (Å²) in [5.74, 6) is -0.818. The second-order valence-corrected chi connectivity index (χ2v) is 6.40. The molecule has 1 heterocycles. The van der Waals surface area contributed by atoms with E-state index < -0.39 is 34.4 Å². The molecular formula is C13H19NO5S. The summed E-state index contributed by atoms with van der Waals surface area (Å²) in [4.78, 5) is 0. The number of benzene rings is 1. The van der Waals surface area contributed by atoms with E-state index in [1.807, 2.05) is 30.3 Å². The highest BCUT2D eigenvalue weighted by Crippen LogP contribution is 2.40. The molecule has 1 aromatic carbocycles. The van der Waals surface area contributed by atoms with Crippen LogP contribution in [-0.2, 0) is 24.0 Å². The SMILES string of the molecule is CC(OS(N)(=O)=O)C1OC(C)(C)OC1c1ccccc1. The molecule has 0 bridgehead atoms. The number of nitrogens with two attached hydrogens (primary N) is 1. The Labute approximate surface area is 119 Å². The summed E-state index contributed by atoms with van der Waals surface area (Å²) in [5, 5.41) is 4.91. The standard InChI is InChI=1S/C13H19NO5S/c1-9(19-20(14,15)16)11-12(18-13(2,3)17-11)10-7-5-4-6-8-10/h4-9,11-12H,1-3H3,(H2,14,15,16). The fourth-order valence-corrected chi connectivity index (χ4v) is 2.83. The van der Waals surface area contributed by atoms with Gasteiger partial charge in [0.15, 0.2) is 5.79 Å². The monoisotopic (exact) mass is 301 g/mol. The molecule has 1 fully saturated rings. The number of ether oxygens (including phenoxy) is 2. The summed E-state index contributed by atoms with van der Waals surface area (Å²) in [5.41, 5.74) is 0.896. The predicted octanol–water partition coefficient (Wildman–Crippen LogP) is 1.49. The summed E-state index contributed by atoms with van der Waals surface area (Å²) in [6.07, 6.45) is -1.73. The Balaban J connectivity index is 2.25. The Morgan fingerprint density at radius 1 is 1.25 bits per heavy atom. The highest BCUT2D eigenvalue weighted by Gasteiger charge is 2.45. The topological polar surface area (TPSA) is 87.9 Å². The van der Waals surface area contributed by atoms with E-state index in [4.69, 9.17) is 18.8 Å². The van der Waals surface area contributed by atoms with Gasteiger partial charge in [0.25, 0.3) is 0 Å². The third-order valence-corrected chi connectivity index (χ3v) is 3.58. The van der Waals surface area contributed by atoms with E-state index in [1.54, 1.807) is 20.8 Å². The van der Waals surface area contributed by atoms with Gasteiger partial charge in [0.2, 0.25) is 0 Å². The maximum absolute atomic E-state index is 11.1. The lowest BCUT2D eigenvalue weighted by Gasteiger charge is -2.22. The van der Waals surface area contributed by atoms with Crippen molar-refractivity contribution in [2.24, 2.45) is 5.14 Å². The number of hydrogen-bond acceptors (Lipinski definition) is 5. The van der Waals surface area contributed by atoms with Crippen molar-refractivity contribution in [1.29, 1.82) is 0 Å². The molecule has 1 aliphatic heterocycles. The molecule has 0 spiro atoms. The average molecular weight is 301 g/mol. The quantitative estimate of drug-likeness (QED) is 0.910. The van der Waals surface area contributed by atoms with Gasteiger partial charge < -0.3 is 9.47 Å². The summed E-state index contributed by atoms with van der Waals surface area (Å²) >= 11 is 0. The first-order valence-electron chi connectivity index (χ1n) is 6.29. The van der Waals surface area contributed by atoms with Gasteiger partial charge in [-0.3, -0.25) is 4.18 Å². The van der Waals surface area contributed by atoms with Crippen molar-refractivity contribution in [2.75, 3.05) is 0 Å². The van der Waals surface area contributed by atoms with Gasteiger partial charge in [-0.1, -0.05) is 30.3 Å². The van der Waals surface area contributed by atoms with Crippen LogP contribution in [0.5, 0.6) is 0 Å². The first-order valence-corrected chi connectivity index (χ1v) is 7.77. The first-order chi connectivity index (χ1) is 9.18. The van der Waals surface area contributed by atoms with Gasteiger partial charge in [-0.2, -0.15) is 8.42 Å². The zero-order valence-electron chi connectivity index (χ0n) is 11.6. The van der Waals surface area contributed by atoms with E-state index in [0.717, 1.165) is 5.56 Å². The molecule has 1 aliphatic rings. The van der Waals surface area contributed by atoms with Gasteiger partial charge in [0.05, 0.1) is 0 Å². The maximum Gasteiger partial charge on any atom is 0.333 e. The second kappa shape index (κ2) is 5.42. The highest BCUT2D eigenvalue weighted by atomic mass is 32.2. The molecule has 2 rings (SSSR count). The number of rotatable bonds is 4. The average Bonchev–Trinajstić information content (AvgIpc) is 2.65. The minimum Gasteiger partial charge on any atom is -0.341 e. The Bertz CT molecular complexity index is 557. The van der Waals surface area contributed by atoms with Crippen LogP contribution in [0.1, 0.15) is 32.4 Å². The van der Waals surface area contributed by atoms with Gasteiger partial charge >= 0.3 is 10.3 Å². The van der Waals surface area contributed by atoms with Gasteiger partial charge in [0, 0.05) is 0 Å². The summed E-state index contributed by atoms with van der Waals surface area (Å²) in [6.45, 7) is 5.13. The molecule has 3 unspecified atom stereocenters. The molecule has 20 heavy (non-hydrogen) atoms. The predicted molar refractivity (Wildman–Crippen MR) is 72.9 cm³/mol. The van der Waals surface area contributed by atoms with E-state index in [1.165, 1.54) is 0 Å². The van der Waals surface area contributed by atoms with E-state index in [-0.39, 0.29) is 0 Å². The van der Waals surface area contributed by atoms with Crippen LogP contribution in [0.3, 0.4) is 0 Å². The molecule has 3 atom stereocenters. The third kappa shape index (κ3) is 3.77. The minimum atomic E-state index is -4.04. The van der Waals surface area contributed by atoms with Crippen LogP contribution in [0.4, 0.5) is 0 Å². The van der Waals surface area contributed by atoms with E-state index >= 15 is 0 Å². The van der Waals surface area contributed by atoms with E-state index in [0.29, 0.717) is 0 Å². The van der Waals surface area contributed by atoms with E-state index in [9.17, 15) is 8.42 Å². The Morgan fingerprint density at radius 3 is 2.40 bits per heavy atom. The Kier molecular flexibility index (Phi) is 4.17. The fraction of sp³-hybridized carbons (Fsp3) is 0.538. The lowest BCUT2D eigenvalue weighted by Crippen LogP contribution is -2.35. The zero-order chi connectivity index (χ0) is 15.0. The van der Waals surface area contributed by atoms with Crippen LogP contribution in [0.25, 0.3) is 0 Å². The van der Waals surface area contributed by atoms with Gasteiger partial charge in [-0.25, -0.2) is 5.14 Å². The molecule has 6 nitrogen and oxygen atoms in total.